The number of halogens is 1. The summed E-state index contributed by atoms with van der Waals surface area (Å²) in [5, 5.41) is 0.700. The minimum absolute atomic E-state index is 0.133. The number of fused-ring (bicyclic) bond motifs is 1. The van der Waals surface area contributed by atoms with Crippen molar-refractivity contribution >= 4 is 28.5 Å². The molecule has 0 bridgehead atoms. The molecule has 2 aromatic carbocycles. The van der Waals surface area contributed by atoms with Crippen LogP contribution in [0.1, 0.15) is 18.9 Å². The molecule has 0 spiro atoms. The van der Waals surface area contributed by atoms with E-state index in [0.717, 1.165) is 5.56 Å². The van der Waals surface area contributed by atoms with Crippen LogP contribution in [0.15, 0.2) is 45.6 Å². The molecule has 6 heteroatoms. The van der Waals surface area contributed by atoms with Gasteiger partial charge in [-0.25, -0.2) is 0 Å². The molecule has 0 atom stereocenters. The van der Waals surface area contributed by atoms with Gasteiger partial charge in [-0.3, -0.25) is 9.59 Å². The lowest BCUT2D eigenvalue weighted by Gasteiger charge is -2.11. The minimum atomic E-state index is -0.523. The molecule has 0 aliphatic rings. The van der Waals surface area contributed by atoms with Crippen molar-refractivity contribution in [2.45, 2.75) is 20.3 Å². The van der Waals surface area contributed by atoms with Crippen molar-refractivity contribution in [2.24, 2.45) is 0 Å². The smallest absolute Gasteiger partial charge is 0.311 e. The monoisotopic (exact) mass is 372 g/mol. The number of esters is 1. The molecule has 3 aromatic rings. The maximum Gasteiger partial charge on any atom is 0.311 e. The first-order valence-corrected chi connectivity index (χ1v) is 8.44. The van der Waals surface area contributed by atoms with Crippen LogP contribution < -0.4 is 14.9 Å². The zero-order valence-electron chi connectivity index (χ0n) is 14.6. The number of hydrogen-bond donors (Lipinski definition) is 0. The van der Waals surface area contributed by atoms with Crippen LogP contribution in [-0.2, 0) is 4.79 Å². The molecule has 0 radical (unpaired) electrons. The third-order valence-electron chi connectivity index (χ3n) is 3.99. The van der Waals surface area contributed by atoms with E-state index in [-0.39, 0.29) is 23.3 Å². The molecule has 0 aliphatic carbocycles. The summed E-state index contributed by atoms with van der Waals surface area (Å²) in [4.78, 5) is 24.8. The second kappa shape index (κ2) is 7.22. The highest BCUT2D eigenvalue weighted by atomic mass is 35.5. The van der Waals surface area contributed by atoms with Crippen LogP contribution >= 0.6 is 11.6 Å². The van der Waals surface area contributed by atoms with Crippen LogP contribution in [0.4, 0.5) is 0 Å². The zero-order chi connectivity index (χ0) is 18.8. The van der Waals surface area contributed by atoms with Gasteiger partial charge in [0, 0.05) is 17.0 Å². The van der Waals surface area contributed by atoms with E-state index in [1.807, 2.05) is 6.92 Å². The van der Waals surface area contributed by atoms with E-state index in [2.05, 4.69) is 0 Å². The Bertz CT molecular complexity index is 1030. The predicted octanol–water partition coefficient (Wildman–Crippen LogP) is 4.75. The van der Waals surface area contributed by atoms with Gasteiger partial charge >= 0.3 is 5.97 Å². The average Bonchev–Trinajstić information content (AvgIpc) is 2.65. The average molecular weight is 373 g/mol. The SMILES string of the molecule is CCC(=O)Oc1c(-c2ccc(OC)cc2)oc2cc(C)c(Cl)cc2c1=O. The number of carbonyl (C=O) groups is 1. The molecule has 3 rings (SSSR count). The highest BCUT2D eigenvalue weighted by Crippen LogP contribution is 2.33. The van der Waals surface area contributed by atoms with Gasteiger partial charge in [0.1, 0.15) is 11.3 Å². The van der Waals surface area contributed by atoms with Crippen molar-refractivity contribution in [3.05, 3.63) is 57.2 Å². The molecular weight excluding hydrogens is 356 g/mol. The summed E-state index contributed by atoms with van der Waals surface area (Å²) in [7, 11) is 1.56. The molecule has 0 fully saturated rings. The van der Waals surface area contributed by atoms with E-state index in [0.29, 0.717) is 21.9 Å². The third kappa shape index (κ3) is 3.30. The molecule has 0 N–H and O–H groups in total. The lowest BCUT2D eigenvalue weighted by atomic mass is 10.1. The second-order valence-electron chi connectivity index (χ2n) is 5.74. The van der Waals surface area contributed by atoms with Crippen LogP contribution in [0.5, 0.6) is 11.5 Å². The van der Waals surface area contributed by atoms with Gasteiger partial charge in [-0.15, -0.1) is 0 Å². The number of methoxy groups -OCH3 is 1. The molecular formula is C20H17ClO5. The predicted molar refractivity (Wildman–Crippen MR) is 100 cm³/mol. The molecule has 26 heavy (non-hydrogen) atoms. The Morgan fingerprint density at radius 3 is 2.50 bits per heavy atom. The van der Waals surface area contributed by atoms with Gasteiger partial charge in [-0.05, 0) is 48.9 Å². The Balaban J connectivity index is 2.30. The summed E-state index contributed by atoms with van der Waals surface area (Å²) in [6.07, 6.45) is 0.133. The number of ether oxygens (including phenoxy) is 2. The van der Waals surface area contributed by atoms with Crippen LogP contribution in [-0.4, -0.2) is 13.1 Å². The first-order valence-electron chi connectivity index (χ1n) is 8.06. The van der Waals surface area contributed by atoms with Gasteiger partial charge in [0.2, 0.25) is 11.2 Å². The van der Waals surface area contributed by atoms with Gasteiger partial charge in [0.25, 0.3) is 0 Å². The zero-order valence-corrected chi connectivity index (χ0v) is 15.3. The van der Waals surface area contributed by atoms with Crippen molar-refractivity contribution < 1.29 is 18.7 Å². The molecule has 5 nitrogen and oxygen atoms in total. The molecule has 0 amide bonds. The Hall–Kier alpha value is -2.79. The second-order valence-corrected chi connectivity index (χ2v) is 6.15. The normalized spacial score (nSPS) is 10.8. The van der Waals surface area contributed by atoms with E-state index in [4.69, 9.17) is 25.5 Å². The number of hydrogen-bond acceptors (Lipinski definition) is 5. The number of carbonyl (C=O) groups excluding carboxylic acids is 1. The highest BCUT2D eigenvalue weighted by molar-refractivity contribution is 6.32. The summed E-state index contributed by atoms with van der Waals surface area (Å²) < 4.78 is 16.4. The lowest BCUT2D eigenvalue weighted by molar-refractivity contribution is -0.134. The Kier molecular flexibility index (Phi) is 5.00. The summed E-state index contributed by atoms with van der Waals surface area (Å²) >= 11 is 6.13. The Morgan fingerprint density at radius 2 is 1.88 bits per heavy atom. The lowest BCUT2D eigenvalue weighted by Crippen LogP contribution is -2.15. The molecule has 0 saturated carbocycles. The summed E-state index contributed by atoms with van der Waals surface area (Å²) in [5.41, 5.74) is 1.30. The fraction of sp³-hybridized carbons (Fsp3) is 0.200. The summed E-state index contributed by atoms with van der Waals surface area (Å²) in [5.74, 6) is 0.180. The number of rotatable bonds is 4. The van der Waals surface area contributed by atoms with E-state index in [1.54, 1.807) is 44.4 Å². The van der Waals surface area contributed by atoms with Gasteiger partial charge in [-0.2, -0.15) is 0 Å². The highest BCUT2D eigenvalue weighted by Gasteiger charge is 2.20. The van der Waals surface area contributed by atoms with Crippen molar-refractivity contribution in [1.82, 2.24) is 0 Å². The van der Waals surface area contributed by atoms with Crippen LogP contribution in [0.3, 0.4) is 0 Å². The molecule has 0 saturated heterocycles. The Labute approximate surface area is 155 Å². The van der Waals surface area contributed by atoms with E-state index < -0.39 is 11.4 Å². The van der Waals surface area contributed by atoms with Gasteiger partial charge in [0.05, 0.1) is 12.5 Å². The number of aryl methyl sites for hydroxylation is 1. The van der Waals surface area contributed by atoms with Crippen molar-refractivity contribution in [3.8, 4) is 22.8 Å². The topological polar surface area (TPSA) is 65.7 Å². The maximum atomic E-state index is 12.9. The van der Waals surface area contributed by atoms with Crippen molar-refractivity contribution in [3.63, 3.8) is 0 Å². The quantitative estimate of drug-likeness (QED) is 0.618. The molecule has 0 unspecified atom stereocenters. The molecule has 1 aromatic heterocycles. The van der Waals surface area contributed by atoms with Crippen molar-refractivity contribution in [1.29, 1.82) is 0 Å². The first-order chi connectivity index (χ1) is 12.4. The van der Waals surface area contributed by atoms with E-state index in [1.165, 1.54) is 6.07 Å². The number of benzene rings is 2. The Morgan fingerprint density at radius 1 is 1.19 bits per heavy atom. The van der Waals surface area contributed by atoms with Crippen LogP contribution in [0, 0.1) is 6.92 Å². The minimum Gasteiger partial charge on any atom is -0.497 e. The van der Waals surface area contributed by atoms with E-state index in [9.17, 15) is 9.59 Å². The molecule has 134 valence electrons. The largest absolute Gasteiger partial charge is 0.497 e. The van der Waals surface area contributed by atoms with Gasteiger partial charge < -0.3 is 13.9 Å². The fourth-order valence-electron chi connectivity index (χ4n) is 2.51. The van der Waals surface area contributed by atoms with E-state index >= 15 is 0 Å². The van der Waals surface area contributed by atoms with Crippen LogP contribution in [0.2, 0.25) is 5.02 Å². The first kappa shape index (κ1) is 18.0. The molecule has 1 heterocycles. The van der Waals surface area contributed by atoms with Crippen LogP contribution in [0.25, 0.3) is 22.3 Å². The standard InChI is InChI=1S/C20H17ClO5/c1-4-17(22)26-20-18(23)14-10-15(21)11(2)9-16(14)25-19(20)12-5-7-13(24-3)8-6-12/h5-10H,4H2,1-3H3. The fourth-order valence-corrected chi connectivity index (χ4v) is 2.67. The third-order valence-corrected chi connectivity index (χ3v) is 4.39. The summed E-state index contributed by atoms with van der Waals surface area (Å²) in [6.45, 7) is 3.47. The van der Waals surface area contributed by atoms with Gasteiger partial charge in [0.15, 0.2) is 5.76 Å². The summed E-state index contributed by atoms with van der Waals surface area (Å²) in [6, 6.07) is 10.1. The molecule has 0 aliphatic heterocycles. The maximum absolute atomic E-state index is 12.9. The van der Waals surface area contributed by atoms with Crippen molar-refractivity contribution in [2.75, 3.05) is 7.11 Å². The van der Waals surface area contributed by atoms with Gasteiger partial charge in [-0.1, -0.05) is 18.5 Å².